The molecule has 0 aromatic carbocycles. The van der Waals surface area contributed by atoms with E-state index >= 15 is 0 Å². The van der Waals surface area contributed by atoms with E-state index in [1.165, 1.54) is 18.9 Å². The molecule has 2 N–H and O–H groups in total. The molecule has 4 heteroatoms. The molecule has 0 spiro atoms. The Balaban J connectivity index is 2.25. The first-order valence-electron chi connectivity index (χ1n) is 6.04. The molecule has 4 nitrogen and oxygen atoms in total. The van der Waals surface area contributed by atoms with Gasteiger partial charge in [0.1, 0.15) is 5.56 Å². The van der Waals surface area contributed by atoms with Crippen LogP contribution in [0.2, 0.25) is 0 Å². The summed E-state index contributed by atoms with van der Waals surface area (Å²) in [6.45, 7) is 2.22. The number of carboxylic acid groups (broad SMARTS) is 1. The average molecular weight is 235 g/mol. The van der Waals surface area contributed by atoms with Gasteiger partial charge in [0.25, 0.3) is 5.56 Å². The summed E-state index contributed by atoms with van der Waals surface area (Å²) >= 11 is 0. The molecule has 1 saturated carbocycles. The zero-order valence-corrected chi connectivity index (χ0v) is 9.90. The van der Waals surface area contributed by atoms with E-state index in [4.69, 9.17) is 5.11 Å². The van der Waals surface area contributed by atoms with E-state index < -0.39 is 11.5 Å². The van der Waals surface area contributed by atoms with Crippen molar-refractivity contribution >= 4 is 5.97 Å². The van der Waals surface area contributed by atoms with Crippen molar-refractivity contribution in [2.45, 2.75) is 38.5 Å². The first-order chi connectivity index (χ1) is 8.08. The van der Waals surface area contributed by atoms with Gasteiger partial charge in [-0.2, -0.15) is 0 Å². The second-order valence-electron chi connectivity index (χ2n) is 4.93. The van der Waals surface area contributed by atoms with Crippen molar-refractivity contribution in [3.8, 4) is 0 Å². The Morgan fingerprint density at radius 3 is 2.76 bits per heavy atom. The largest absolute Gasteiger partial charge is 0.477 e. The van der Waals surface area contributed by atoms with Gasteiger partial charge in [-0.3, -0.25) is 4.79 Å². The van der Waals surface area contributed by atoms with Gasteiger partial charge >= 0.3 is 5.97 Å². The lowest BCUT2D eigenvalue weighted by Crippen LogP contribution is -2.21. The van der Waals surface area contributed by atoms with Crippen LogP contribution in [0.3, 0.4) is 0 Å². The molecule has 0 radical (unpaired) electrons. The maximum absolute atomic E-state index is 11.6. The van der Waals surface area contributed by atoms with Crippen LogP contribution in [0.15, 0.2) is 16.9 Å². The highest BCUT2D eigenvalue weighted by atomic mass is 16.4. The summed E-state index contributed by atoms with van der Waals surface area (Å²) in [5.74, 6) is -0.125. The highest BCUT2D eigenvalue weighted by Gasteiger charge is 2.21. The molecular weight excluding hydrogens is 218 g/mol. The van der Waals surface area contributed by atoms with E-state index in [1.807, 2.05) is 0 Å². The van der Waals surface area contributed by atoms with Crippen LogP contribution in [0.4, 0.5) is 0 Å². The SMILES string of the molecule is CC1CCCC(c2ccc(C(=O)O)c(=O)[nH]2)C1. The lowest BCUT2D eigenvalue weighted by atomic mass is 9.80. The molecular formula is C13H17NO3. The first kappa shape index (κ1) is 11.9. The first-order valence-corrected chi connectivity index (χ1v) is 6.04. The molecule has 1 aliphatic rings. The van der Waals surface area contributed by atoms with Gasteiger partial charge in [0.2, 0.25) is 0 Å². The van der Waals surface area contributed by atoms with E-state index in [0.717, 1.165) is 18.5 Å². The number of aromatic nitrogens is 1. The summed E-state index contributed by atoms with van der Waals surface area (Å²) in [6.07, 6.45) is 4.57. The maximum atomic E-state index is 11.6. The Morgan fingerprint density at radius 1 is 1.41 bits per heavy atom. The molecule has 0 bridgehead atoms. The van der Waals surface area contributed by atoms with E-state index in [1.54, 1.807) is 6.07 Å². The number of carboxylic acids is 1. The Hall–Kier alpha value is -1.58. The standard InChI is InChI=1S/C13H17NO3/c1-8-3-2-4-9(7-8)11-6-5-10(13(16)17)12(15)14-11/h5-6,8-9H,2-4,7H2,1H3,(H,14,15)(H,16,17). The van der Waals surface area contributed by atoms with E-state index in [9.17, 15) is 9.59 Å². The summed E-state index contributed by atoms with van der Waals surface area (Å²) in [7, 11) is 0. The number of rotatable bonds is 2. The third kappa shape index (κ3) is 2.57. The van der Waals surface area contributed by atoms with Crippen molar-refractivity contribution < 1.29 is 9.90 Å². The van der Waals surface area contributed by atoms with Gasteiger partial charge < -0.3 is 10.1 Å². The summed E-state index contributed by atoms with van der Waals surface area (Å²) < 4.78 is 0. The lowest BCUT2D eigenvalue weighted by Gasteiger charge is -2.26. The zero-order chi connectivity index (χ0) is 12.4. The van der Waals surface area contributed by atoms with Crippen molar-refractivity contribution in [1.82, 2.24) is 4.98 Å². The minimum Gasteiger partial charge on any atom is -0.477 e. The molecule has 2 rings (SSSR count). The summed E-state index contributed by atoms with van der Waals surface area (Å²) in [5, 5.41) is 8.79. The lowest BCUT2D eigenvalue weighted by molar-refractivity contribution is 0.0695. The van der Waals surface area contributed by atoms with Crippen LogP contribution in [0.25, 0.3) is 0 Å². The minimum absolute atomic E-state index is 0.183. The molecule has 1 aliphatic carbocycles. The Kier molecular flexibility index (Phi) is 3.31. The Morgan fingerprint density at radius 2 is 2.18 bits per heavy atom. The quantitative estimate of drug-likeness (QED) is 0.826. The zero-order valence-electron chi connectivity index (χ0n) is 9.90. The number of nitrogens with one attached hydrogen (secondary N) is 1. The normalized spacial score (nSPS) is 24.5. The number of pyridine rings is 1. The summed E-state index contributed by atoms with van der Waals surface area (Å²) in [5.41, 5.74) is 0.206. The van der Waals surface area contributed by atoms with Crippen LogP contribution >= 0.6 is 0 Å². The fourth-order valence-corrected chi connectivity index (χ4v) is 2.61. The van der Waals surface area contributed by atoms with Crippen LogP contribution in [-0.4, -0.2) is 16.1 Å². The molecule has 0 saturated heterocycles. The van der Waals surface area contributed by atoms with Crippen LogP contribution < -0.4 is 5.56 Å². The molecule has 0 aliphatic heterocycles. The smallest absolute Gasteiger partial charge is 0.341 e. The van der Waals surface area contributed by atoms with Gasteiger partial charge in [0.05, 0.1) is 0 Å². The highest BCUT2D eigenvalue weighted by Crippen LogP contribution is 2.34. The van der Waals surface area contributed by atoms with E-state index in [-0.39, 0.29) is 5.56 Å². The van der Waals surface area contributed by atoms with Crippen molar-refractivity contribution in [2.24, 2.45) is 5.92 Å². The summed E-state index contributed by atoms with van der Waals surface area (Å²) in [4.78, 5) is 25.0. The molecule has 2 unspecified atom stereocenters. The van der Waals surface area contributed by atoms with Crippen molar-refractivity contribution in [1.29, 1.82) is 0 Å². The van der Waals surface area contributed by atoms with Gasteiger partial charge in [-0.05, 0) is 36.8 Å². The number of carbonyl (C=O) groups is 1. The predicted octanol–water partition coefficient (Wildman–Crippen LogP) is 2.37. The number of hydrogen-bond donors (Lipinski definition) is 2. The summed E-state index contributed by atoms with van der Waals surface area (Å²) in [6, 6.07) is 3.16. The molecule has 2 atom stereocenters. The topological polar surface area (TPSA) is 70.2 Å². The van der Waals surface area contributed by atoms with Crippen LogP contribution in [0.5, 0.6) is 0 Å². The number of H-pyrrole nitrogens is 1. The molecule has 1 fully saturated rings. The maximum Gasteiger partial charge on any atom is 0.341 e. The van der Waals surface area contributed by atoms with Gasteiger partial charge in [-0.15, -0.1) is 0 Å². The molecule has 17 heavy (non-hydrogen) atoms. The highest BCUT2D eigenvalue weighted by molar-refractivity contribution is 5.86. The van der Waals surface area contributed by atoms with Gasteiger partial charge in [0, 0.05) is 5.69 Å². The average Bonchev–Trinajstić information content (AvgIpc) is 2.28. The van der Waals surface area contributed by atoms with Crippen molar-refractivity contribution in [3.63, 3.8) is 0 Å². The molecule has 1 aromatic rings. The third-order valence-electron chi connectivity index (χ3n) is 3.54. The van der Waals surface area contributed by atoms with Crippen LogP contribution in [0, 0.1) is 5.92 Å². The van der Waals surface area contributed by atoms with Gasteiger partial charge in [0.15, 0.2) is 0 Å². The molecule has 1 heterocycles. The van der Waals surface area contributed by atoms with Gasteiger partial charge in [-0.25, -0.2) is 4.79 Å². The second kappa shape index (κ2) is 4.73. The van der Waals surface area contributed by atoms with Crippen molar-refractivity contribution in [3.05, 3.63) is 33.7 Å². The number of hydrogen-bond acceptors (Lipinski definition) is 2. The fraction of sp³-hybridized carbons (Fsp3) is 0.538. The van der Waals surface area contributed by atoms with E-state index in [2.05, 4.69) is 11.9 Å². The Bertz CT molecular complexity index is 478. The number of aromatic carboxylic acids is 1. The minimum atomic E-state index is -1.17. The third-order valence-corrected chi connectivity index (χ3v) is 3.54. The second-order valence-corrected chi connectivity index (χ2v) is 4.93. The predicted molar refractivity (Wildman–Crippen MR) is 64.4 cm³/mol. The van der Waals surface area contributed by atoms with Crippen LogP contribution in [-0.2, 0) is 0 Å². The number of aromatic amines is 1. The Labute approximate surface area is 99.7 Å². The molecule has 0 amide bonds. The van der Waals surface area contributed by atoms with E-state index in [0.29, 0.717) is 11.8 Å². The monoisotopic (exact) mass is 235 g/mol. The molecule has 92 valence electrons. The fourth-order valence-electron chi connectivity index (χ4n) is 2.61. The van der Waals surface area contributed by atoms with Crippen LogP contribution in [0.1, 0.15) is 54.6 Å². The van der Waals surface area contributed by atoms with Gasteiger partial charge in [-0.1, -0.05) is 19.8 Å². The molecule has 1 aromatic heterocycles. The van der Waals surface area contributed by atoms with Crippen molar-refractivity contribution in [2.75, 3.05) is 0 Å².